The third-order valence-electron chi connectivity index (χ3n) is 4.69. The lowest BCUT2D eigenvalue weighted by Gasteiger charge is -2.47. The summed E-state index contributed by atoms with van der Waals surface area (Å²) in [6, 6.07) is 0.686. The van der Waals surface area contributed by atoms with E-state index in [0.29, 0.717) is 11.9 Å². The van der Waals surface area contributed by atoms with Gasteiger partial charge >= 0.3 is 0 Å². The summed E-state index contributed by atoms with van der Waals surface area (Å²) in [4.78, 5) is 16.4. The maximum Gasteiger partial charge on any atom is 0.225 e. The fourth-order valence-electron chi connectivity index (χ4n) is 3.26. The lowest BCUT2D eigenvalue weighted by atomic mass is 9.79. The minimum Gasteiger partial charge on any atom is -0.342 e. The Kier molecular flexibility index (Phi) is 4.31. The van der Waals surface area contributed by atoms with E-state index in [9.17, 15) is 4.79 Å². The van der Waals surface area contributed by atoms with Gasteiger partial charge in [-0.05, 0) is 51.6 Å². The van der Waals surface area contributed by atoms with Gasteiger partial charge in [0.05, 0.1) is 0 Å². The van der Waals surface area contributed by atoms with E-state index in [-0.39, 0.29) is 5.92 Å². The predicted molar refractivity (Wildman–Crippen MR) is 74.3 cm³/mol. The van der Waals surface area contributed by atoms with Crippen molar-refractivity contribution in [3.8, 4) is 0 Å². The average molecular weight is 252 g/mol. The van der Waals surface area contributed by atoms with Gasteiger partial charge in [0.1, 0.15) is 0 Å². The molecular weight excluding hydrogens is 224 g/mol. The molecule has 0 bridgehead atoms. The van der Waals surface area contributed by atoms with Gasteiger partial charge < -0.3 is 9.80 Å². The number of carbonyl (C=O) groups is 1. The monoisotopic (exact) mass is 252 g/mol. The summed E-state index contributed by atoms with van der Waals surface area (Å²) in [5, 5.41) is 0. The molecule has 2 heterocycles. The molecule has 2 rings (SSSR count). The highest BCUT2D eigenvalue weighted by atomic mass is 16.2. The van der Waals surface area contributed by atoms with Gasteiger partial charge in [-0.2, -0.15) is 0 Å². The molecule has 0 radical (unpaired) electrons. The van der Waals surface area contributed by atoms with Gasteiger partial charge in [0, 0.05) is 25.0 Å². The van der Waals surface area contributed by atoms with Gasteiger partial charge in [-0.1, -0.05) is 13.8 Å². The quantitative estimate of drug-likeness (QED) is 0.769. The van der Waals surface area contributed by atoms with E-state index in [0.717, 1.165) is 24.9 Å². The summed E-state index contributed by atoms with van der Waals surface area (Å²) in [5.41, 5.74) is 0. The van der Waals surface area contributed by atoms with Gasteiger partial charge in [-0.15, -0.1) is 0 Å². The fourth-order valence-corrected chi connectivity index (χ4v) is 3.26. The molecule has 2 fully saturated rings. The van der Waals surface area contributed by atoms with Gasteiger partial charge in [0.2, 0.25) is 5.91 Å². The summed E-state index contributed by atoms with van der Waals surface area (Å²) in [6.07, 6.45) is 2.65. The molecule has 0 spiro atoms. The highest BCUT2D eigenvalue weighted by Gasteiger charge is 2.37. The van der Waals surface area contributed by atoms with Crippen molar-refractivity contribution in [3.05, 3.63) is 0 Å². The molecule has 0 aromatic carbocycles. The Labute approximate surface area is 112 Å². The van der Waals surface area contributed by atoms with Crippen LogP contribution in [0, 0.1) is 17.8 Å². The second kappa shape index (κ2) is 5.60. The lowest BCUT2D eigenvalue weighted by molar-refractivity contribution is -0.142. The minimum atomic E-state index is 0.161. The van der Waals surface area contributed by atoms with E-state index in [1.807, 2.05) is 18.7 Å². The molecule has 18 heavy (non-hydrogen) atoms. The molecule has 3 nitrogen and oxygen atoms in total. The number of piperidine rings is 1. The van der Waals surface area contributed by atoms with Crippen LogP contribution in [0.3, 0.4) is 0 Å². The van der Waals surface area contributed by atoms with Crippen LogP contribution in [0.15, 0.2) is 0 Å². The Morgan fingerprint density at radius 3 is 2.00 bits per heavy atom. The van der Waals surface area contributed by atoms with Crippen LogP contribution in [-0.4, -0.2) is 47.9 Å². The number of hydrogen-bond donors (Lipinski definition) is 0. The SMILES string of the molecule is CC(C)C(=O)N1CC(C2CCN(C(C)C)CC2)C1. The molecule has 0 saturated carbocycles. The Balaban J connectivity index is 1.72. The molecular formula is C15H28N2O. The number of rotatable bonds is 3. The third-order valence-corrected chi connectivity index (χ3v) is 4.69. The highest BCUT2D eigenvalue weighted by molar-refractivity contribution is 5.78. The van der Waals surface area contributed by atoms with Crippen molar-refractivity contribution in [2.75, 3.05) is 26.2 Å². The molecule has 0 unspecified atom stereocenters. The van der Waals surface area contributed by atoms with E-state index in [4.69, 9.17) is 0 Å². The maximum atomic E-state index is 11.8. The molecule has 3 heteroatoms. The van der Waals surface area contributed by atoms with Crippen molar-refractivity contribution in [2.24, 2.45) is 17.8 Å². The van der Waals surface area contributed by atoms with Crippen LogP contribution in [0.1, 0.15) is 40.5 Å². The van der Waals surface area contributed by atoms with E-state index in [1.165, 1.54) is 25.9 Å². The zero-order chi connectivity index (χ0) is 13.3. The number of likely N-dealkylation sites (tertiary alicyclic amines) is 2. The molecule has 104 valence electrons. The van der Waals surface area contributed by atoms with Crippen LogP contribution in [-0.2, 0) is 4.79 Å². The Morgan fingerprint density at radius 1 is 1.00 bits per heavy atom. The van der Waals surface area contributed by atoms with Crippen LogP contribution in [0.4, 0.5) is 0 Å². The normalized spacial score (nSPS) is 23.8. The van der Waals surface area contributed by atoms with E-state index in [2.05, 4.69) is 18.7 Å². The number of nitrogens with zero attached hydrogens (tertiary/aromatic N) is 2. The first kappa shape index (κ1) is 13.9. The first-order chi connectivity index (χ1) is 8.49. The third kappa shape index (κ3) is 2.87. The van der Waals surface area contributed by atoms with Crippen molar-refractivity contribution >= 4 is 5.91 Å². The van der Waals surface area contributed by atoms with Gasteiger partial charge in [-0.3, -0.25) is 4.79 Å². The first-order valence-electron chi connectivity index (χ1n) is 7.52. The maximum absolute atomic E-state index is 11.8. The smallest absolute Gasteiger partial charge is 0.225 e. The van der Waals surface area contributed by atoms with Crippen LogP contribution >= 0.6 is 0 Å². The molecule has 0 aromatic rings. The van der Waals surface area contributed by atoms with Crippen LogP contribution in [0.5, 0.6) is 0 Å². The van der Waals surface area contributed by atoms with Crippen LogP contribution < -0.4 is 0 Å². The Hall–Kier alpha value is -0.570. The van der Waals surface area contributed by atoms with Gasteiger partial charge in [0.15, 0.2) is 0 Å². The molecule has 2 aliphatic heterocycles. The van der Waals surface area contributed by atoms with Crippen molar-refractivity contribution in [2.45, 2.75) is 46.6 Å². The van der Waals surface area contributed by atoms with Crippen molar-refractivity contribution in [1.82, 2.24) is 9.80 Å². The standard InChI is InChI=1S/C15H28N2O/c1-11(2)15(18)17-9-14(10-17)13-5-7-16(8-6-13)12(3)4/h11-14H,5-10H2,1-4H3. The van der Waals surface area contributed by atoms with Crippen molar-refractivity contribution < 1.29 is 4.79 Å². The number of carbonyl (C=O) groups excluding carboxylic acids is 1. The summed E-state index contributed by atoms with van der Waals surface area (Å²) < 4.78 is 0. The summed E-state index contributed by atoms with van der Waals surface area (Å²) in [6.45, 7) is 13.1. The second-order valence-corrected chi connectivity index (χ2v) is 6.63. The van der Waals surface area contributed by atoms with Crippen molar-refractivity contribution in [1.29, 1.82) is 0 Å². The van der Waals surface area contributed by atoms with E-state index >= 15 is 0 Å². The second-order valence-electron chi connectivity index (χ2n) is 6.63. The van der Waals surface area contributed by atoms with E-state index in [1.54, 1.807) is 0 Å². The molecule has 2 aliphatic rings. The Bertz CT molecular complexity index is 287. The molecule has 0 aliphatic carbocycles. The van der Waals surface area contributed by atoms with Crippen molar-refractivity contribution in [3.63, 3.8) is 0 Å². The molecule has 0 atom stereocenters. The van der Waals surface area contributed by atoms with Gasteiger partial charge in [-0.25, -0.2) is 0 Å². The first-order valence-corrected chi connectivity index (χ1v) is 7.52. The number of hydrogen-bond acceptors (Lipinski definition) is 2. The summed E-state index contributed by atoms with van der Waals surface area (Å²) >= 11 is 0. The zero-order valence-corrected chi connectivity index (χ0v) is 12.4. The zero-order valence-electron chi connectivity index (χ0n) is 12.4. The highest BCUT2D eigenvalue weighted by Crippen LogP contribution is 2.32. The average Bonchev–Trinajstić information content (AvgIpc) is 2.27. The van der Waals surface area contributed by atoms with Crippen LogP contribution in [0.25, 0.3) is 0 Å². The molecule has 0 N–H and O–H groups in total. The lowest BCUT2D eigenvalue weighted by Crippen LogP contribution is -2.55. The van der Waals surface area contributed by atoms with Gasteiger partial charge in [0.25, 0.3) is 0 Å². The van der Waals surface area contributed by atoms with Crippen LogP contribution in [0.2, 0.25) is 0 Å². The molecule has 1 amide bonds. The molecule has 2 saturated heterocycles. The minimum absolute atomic E-state index is 0.161. The topological polar surface area (TPSA) is 23.6 Å². The molecule has 0 aromatic heterocycles. The summed E-state index contributed by atoms with van der Waals surface area (Å²) in [7, 11) is 0. The predicted octanol–water partition coefficient (Wildman–Crippen LogP) is 2.22. The van der Waals surface area contributed by atoms with E-state index < -0.39 is 0 Å². The summed E-state index contributed by atoms with van der Waals surface area (Å²) in [5.74, 6) is 2.14. The largest absolute Gasteiger partial charge is 0.342 e. The number of amides is 1. The Morgan fingerprint density at radius 2 is 1.56 bits per heavy atom. The fraction of sp³-hybridized carbons (Fsp3) is 0.933.